The van der Waals surface area contributed by atoms with Gasteiger partial charge in [-0.1, -0.05) is 35.4 Å². The van der Waals surface area contributed by atoms with E-state index in [2.05, 4.69) is 10.2 Å². The largest absolute Gasteiger partial charge is 0.457 e. The van der Waals surface area contributed by atoms with Crippen LogP contribution < -0.4 is 16.2 Å². The van der Waals surface area contributed by atoms with Crippen LogP contribution >= 0.6 is 11.6 Å². The van der Waals surface area contributed by atoms with Gasteiger partial charge in [0, 0.05) is 10.6 Å². The SMILES string of the molecule is Cc1ccc(Oc2cccc(Cl)c2Cn2c(N)nnc2N)cc1. The molecule has 0 saturated carbocycles. The summed E-state index contributed by atoms with van der Waals surface area (Å²) < 4.78 is 7.53. The zero-order valence-electron chi connectivity index (χ0n) is 12.5. The Bertz CT molecular complexity index is 809. The molecule has 0 aliphatic rings. The molecule has 0 fully saturated rings. The number of aromatic nitrogens is 3. The van der Waals surface area contributed by atoms with Crippen molar-refractivity contribution in [2.24, 2.45) is 0 Å². The van der Waals surface area contributed by atoms with Gasteiger partial charge in [0.05, 0.1) is 6.54 Å². The third-order valence-electron chi connectivity index (χ3n) is 3.45. The Balaban J connectivity index is 1.95. The summed E-state index contributed by atoms with van der Waals surface area (Å²) in [5, 5.41) is 8.05. The standard InChI is InChI=1S/C16H16ClN5O/c1-10-5-7-11(8-6-10)23-14-4-2-3-13(17)12(14)9-22-15(18)20-21-16(22)19/h2-8H,9H2,1H3,(H2,18,20)(H2,19,21). The Labute approximate surface area is 138 Å². The van der Waals surface area contributed by atoms with Crippen molar-refractivity contribution in [1.29, 1.82) is 0 Å². The van der Waals surface area contributed by atoms with E-state index in [1.807, 2.05) is 43.3 Å². The molecule has 3 aromatic rings. The summed E-state index contributed by atoms with van der Waals surface area (Å²) in [6.45, 7) is 2.34. The van der Waals surface area contributed by atoms with Crippen LogP contribution in [0.5, 0.6) is 11.5 Å². The topological polar surface area (TPSA) is 92.0 Å². The van der Waals surface area contributed by atoms with Gasteiger partial charge in [0.1, 0.15) is 11.5 Å². The fraction of sp³-hybridized carbons (Fsp3) is 0.125. The van der Waals surface area contributed by atoms with E-state index in [1.165, 1.54) is 0 Å². The average Bonchev–Trinajstić information content (AvgIpc) is 2.84. The second kappa shape index (κ2) is 6.18. The number of hydrogen-bond acceptors (Lipinski definition) is 5. The van der Waals surface area contributed by atoms with Gasteiger partial charge in [-0.25, -0.2) is 0 Å². The van der Waals surface area contributed by atoms with Crippen molar-refractivity contribution >= 4 is 23.5 Å². The van der Waals surface area contributed by atoms with E-state index in [0.29, 0.717) is 17.3 Å². The molecule has 6 nitrogen and oxygen atoms in total. The van der Waals surface area contributed by atoms with Crippen molar-refractivity contribution in [3.05, 3.63) is 58.6 Å². The number of halogens is 1. The lowest BCUT2D eigenvalue weighted by Gasteiger charge is -2.14. The zero-order chi connectivity index (χ0) is 16.4. The maximum Gasteiger partial charge on any atom is 0.223 e. The zero-order valence-corrected chi connectivity index (χ0v) is 13.3. The van der Waals surface area contributed by atoms with E-state index in [-0.39, 0.29) is 11.9 Å². The molecular weight excluding hydrogens is 314 g/mol. The summed E-state index contributed by atoms with van der Waals surface area (Å²) in [6, 6.07) is 13.2. The molecule has 0 bridgehead atoms. The number of benzene rings is 2. The quantitative estimate of drug-likeness (QED) is 0.766. The van der Waals surface area contributed by atoms with Crippen LogP contribution in [0, 0.1) is 6.92 Å². The van der Waals surface area contributed by atoms with Crippen LogP contribution in [0.15, 0.2) is 42.5 Å². The molecule has 0 atom stereocenters. The maximum absolute atomic E-state index is 6.33. The number of nitrogens with zero attached hydrogens (tertiary/aromatic N) is 3. The Kier molecular flexibility index (Phi) is 4.08. The predicted molar refractivity (Wildman–Crippen MR) is 90.7 cm³/mol. The van der Waals surface area contributed by atoms with Gasteiger partial charge >= 0.3 is 0 Å². The smallest absolute Gasteiger partial charge is 0.223 e. The van der Waals surface area contributed by atoms with Crippen LogP contribution in [0.25, 0.3) is 0 Å². The third-order valence-corrected chi connectivity index (χ3v) is 3.80. The molecule has 0 aliphatic heterocycles. The molecule has 0 saturated heterocycles. The van der Waals surface area contributed by atoms with Crippen LogP contribution in [-0.2, 0) is 6.54 Å². The summed E-state index contributed by atoms with van der Waals surface area (Å²) in [5.41, 5.74) is 13.5. The van der Waals surface area contributed by atoms with Crippen molar-refractivity contribution in [1.82, 2.24) is 14.8 Å². The maximum atomic E-state index is 6.33. The highest BCUT2D eigenvalue weighted by atomic mass is 35.5. The van der Waals surface area contributed by atoms with Crippen LogP contribution in [0.3, 0.4) is 0 Å². The normalized spacial score (nSPS) is 10.7. The molecule has 4 N–H and O–H groups in total. The molecule has 23 heavy (non-hydrogen) atoms. The molecule has 7 heteroatoms. The van der Waals surface area contributed by atoms with Crippen LogP contribution in [-0.4, -0.2) is 14.8 Å². The van der Waals surface area contributed by atoms with Gasteiger partial charge < -0.3 is 16.2 Å². The number of anilines is 2. The minimum absolute atomic E-state index is 0.226. The van der Waals surface area contributed by atoms with Crippen LogP contribution in [0.4, 0.5) is 11.9 Å². The van der Waals surface area contributed by atoms with Crippen LogP contribution in [0.1, 0.15) is 11.1 Å². The minimum Gasteiger partial charge on any atom is -0.457 e. The predicted octanol–water partition coefficient (Wildman–Crippen LogP) is 3.24. The first kappa shape index (κ1) is 15.2. The number of rotatable bonds is 4. The van der Waals surface area contributed by atoms with E-state index in [9.17, 15) is 0 Å². The molecule has 0 unspecified atom stereocenters. The Hall–Kier alpha value is -2.73. The molecule has 0 spiro atoms. The second-order valence-corrected chi connectivity index (χ2v) is 5.54. The molecule has 118 valence electrons. The molecule has 0 radical (unpaired) electrons. The Morgan fingerprint density at radius 2 is 1.70 bits per heavy atom. The summed E-state index contributed by atoms with van der Waals surface area (Å²) in [6.07, 6.45) is 0. The van der Waals surface area contributed by atoms with E-state index in [4.69, 9.17) is 27.8 Å². The highest BCUT2D eigenvalue weighted by Crippen LogP contribution is 2.32. The molecule has 2 aromatic carbocycles. The molecule has 0 amide bonds. The van der Waals surface area contributed by atoms with Crippen molar-refractivity contribution in [2.75, 3.05) is 11.5 Å². The van der Waals surface area contributed by atoms with E-state index in [1.54, 1.807) is 10.6 Å². The summed E-state index contributed by atoms with van der Waals surface area (Å²) in [7, 11) is 0. The number of aryl methyl sites for hydroxylation is 1. The Morgan fingerprint density at radius 3 is 2.35 bits per heavy atom. The number of hydrogen-bond donors (Lipinski definition) is 2. The van der Waals surface area contributed by atoms with Gasteiger partial charge in [0.25, 0.3) is 0 Å². The van der Waals surface area contributed by atoms with Gasteiger partial charge in [-0.05, 0) is 31.2 Å². The minimum atomic E-state index is 0.226. The molecule has 1 heterocycles. The van der Waals surface area contributed by atoms with Crippen molar-refractivity contribution in [3.63, 3.8) is 0 Å². The average molecular weight is 330 g/mol. The second-order valence-electron chi connectivity index (χ2n) is 5.13. The lowest BCUT2D eigenvalue weighted by atomic mass is 10.2. The Morgan fingerprint density at radius 1 is 1.04 bits per heavy atom. The lowest BCUT2D eigenvalue weighted by Crippen LogP contribution is -2.09. The third kappa shape index (κ3) is 3.22. The van der Waals surface area contributed by atoms with Gasteiger partial charge in [0.2, 0.25) is 11.9 Å². The van der Waals surface area contributed by atoms with Crippen molar-refractivity contribution in [2.45, 2.75) is 13.5 Å². The van der Waals surface area contributed by atoms with Gasteiger partial charge in [-0.3, -0.25) is 4.57 Å². The molecule has 0 aliphatic carbocycles. The first-order valence-corrected chi connectivity index (χ1v) is 7.38. The van der Waals surface area contributed by atoms with Gasteiger partial charge in [-0.2, -0.15) is 0 Å². The molecular formula is C16H16ClN5O. The fourth-order valence-electron chi connectivity index (χ4n) is 2.17. The van der Waals surface area contributed by atoms with E-state index < -0.39 is 0 Å². The monoisotopic (exact) mass is 329 g/mol. The highest BCUT2D eigenvalue weighted by molar-refractivity contribution is 6.31. The van der Waals surface area contributed by atoms with Crippen molar-refractivity contribution < 1.29 is 4.74 Å². The first-order chi connectivity index (χ1) is 11.0. The highest BCUT2D eigenvalue weighted by Gasteiger charge is 2.14. The number of nitrogen functional groups attached to an aromatic ring is 2. The van der Waals surface area contributed by atoms with Gasteiger partial charge in [0.15, 0.2) is 0 Å². The summed E-state index contributed by atoms with van der Waals surface area (Å²) >= 11 is 6.33. The number of ether oxygens (including phenoxy) is 1. The van der Waals surface area contributed by atoms with Crippen molar-refractivity contribution in [3.8, 4) is 11.5 Å². The number of nitrogens with two attached hydrogens (primary N) is 2. The summed E-state index contributed by atoms with van der Waals surface area (Å²) in [4.78, 5) is 0. The van der Waals surface area contributed by atoms with E-state index >= 15 is 0 Å². The molecule has 3 rings (SSSR count). The lowest BCUT2D eigenvalue weighted by molar-refractivity contribution is 0.474. The molecule has 1 aromatic heterocycles. The van der Waals surface area contributed by atoms with E-state index in [0.717, 1.165) is 16.9 Å². The fourth-order valence-corrected chi connectivity index (χ4v) is 2.39. The first-order valence-electron chi connectivity index (χ1n) is 7.00. The van der Waals surface area contributed by atoms with Gasteiger partial charge in [-0.15, -0.1) is 10.2 Å². The van der Waals surface area contributed by atoms with Crippen LogP contribution in [0.2, 0.25) is 5.02 Å². The summed E-state index contributed by atoms with van der Waals surface area (Å²) in [5.74, 6) is 1.81.